The van der Waals surface area contributed by atoms with E-state index in [-0.39, 0.29) is 11.5 Å². The fourth-order valence-electron chi connectivity index (χ4n) is 4.11. The number of hydrogen-bond donors (Lipinski definition) is 0. The average Bonchev–Trinajstić information content (AvgIpc) is 2.98. The van der Waals surface area contributed by atoms with Crippen LogP contribution in [0.1, 0.15) is 24.8 Å². The van der Waals surface area contributed by atoms with Gasteiger partial charge in [-0.15, -0.1) is 0 Å². The van der Waals surface area contributed by atoms with Crippen molar-refractivity contribution in [3.8, 4) is 11.5 Å². The SMILES string of the molecule is COc1ccc(C23CCC(OC(=O)C(F)F)=CC2N(C)CC3)cc1OC. The van der Waals surface area contributed by atoms with Crippen molar-refractivity contribution in [1.82, 2.24) is 4.90 Å². The molecule has 1 aromatic carbocycles. The van der Waals surface area contributed by atoms with Crippen LogP contribution in [0.15, 0.2) is 30.0 Å². The molecule has 0 aromatic heterocycles. The molecule has 0 spiro atoms. The van der Waals surface area contributed by atoms with E-state index < -0.39 is 12.4 Å². The highest BCUT2D eigenvalue weighted by atomic mass is 19.3. The fourth-order valence-corrected chi connectivity index (χ4v) is 4.11. The number of hydrogen-bond acceptors (Lipinski definition) is 5. The van der Waals surface area contributed by atoms with Gasteiger partial charge in [0.15, 0.2) is 11.5 Å². The zero-order valence-electron chi connectivity index (χ0n) is 15.1. The van der Waals surface area contributed by atoms with Crippen molar-refractivity contribution in [2.75, 3.05) is 27.8 Å². The molecule has 1 aromatic rings. The van der Waals surface area contributed by atoms with Crippen LogP contribution in [-0.2, 0) is 14.9 Å². The fraction of sp³-hybridized carbons (Fsp3) is 0.526. The quantitative estimate of drug-likeness (QED) is 0.749. The van der Waals surface area contributed by atoms with Crippen LogP contribution in [0.3, 0.4) is 0 Å². The van der Waals surface area contributed by atoms with Gasteiger partial charge in [0, 0.05) is 17.9 Å². The molecule has 1 aliphatic heterocycles. The number of ether oxygens (including phenoxy) is 3. The summed E-state index contributed by atoms with van der Waals surface area (Å²) < 4.78 is 40.6. The van der Waals surface area contributed by atoms with Gasteiger partial charge in [0.2, 0.25) is 0 Å². The van der Waals surface area contributed by atoms with E-state index in [9.17, 15) is 13.6 Å². The van der Waals surface area contributed by atoms with Crippen LogP contribution in [-0.4, -0.2) is 51.1 Å². The Morgan fingerprint density at radius 3 is 2.62 bits per heavy atom. The third-order valence-corrected chi connectivity index (χ3v) is 5.48. The van der Waals surface area contributed by atoms with Crippen molar-refractivity contribution in [2.24, 2.45) is 0 Å². The number of carbonyl (C=O) groups excluding carboxylic acids is 1. The van der Waals surface area contributed by atoms with E-state index in [2.05, 4.69) is 4.90 Å². The Morgan fingerprint density at radius 2 is 1.96 bits per heavy atom. The van der Waals surface area contributed by atoms with Crippen LogP contribution in [0.2, 0.25) is 0 Å². The Hall–Kier alpha value is -2.15. The monoisotopic (exact) mass is 367 g/mol. The lowest BCUT2D eigenvalue weighted by Crippen LogP contribution is -2.42. The molecule has 0 radical (unpaired) electrons. The maximum absolute atomic E-state index is 12.5. The third-order valence-electron chi connectivity index (χ3n) is 5.48. The molecule has 0 bridgehead atoms. The second-order valence-corrected chi connectivity index (χ2v) is 6.76. The summed E-state index contributed by atoms with van der Waals surface area (Å²) in [6.07, 6.45) is 0.774. The first-order valence-corrected chi connectivity index (χ1v) is 8.54. The van der Waals surface area contributed by atoms with Gasteiger partial charge in [-0.2, -0.15) is 8.78 Å². The molecule has 1 aliphatic carbocycles. The normalized spacial score (nSPS) is 25.6. The van der Waals surface area contributed by atoms with Gasteiger partial charge in [-0.25, -0.2) is 4.79 Å². The topological polar surface area (TPSA) is 48.0 Å². The van der Waals surface area contributed by atoms with Gasteiger partial charge in [-0.05, 0) is 50.2 Å². The number of likely N-dealkylation sites (tertiary alicyclic amines) is 1. The van der Waals surface area contributed by atoms with Crippen molar-refractivity contribution in [3.05, 3.63) is 35.6 Å². The van der Waals surface area contributed by atoms with Crippen molar-refractivity contribution in [2.45, 2.75) is 37.1 Å². The molecule has 1 saturated heterocycles. The summed E-state index contributed by atoms with van der Waals surface area (Å²) in [5.41, 5.74) is 0.940. The number of fused-ring (bicyclic) bond motifs is 1. The predicted molar refractivity (Wildman–Crippen MR) is 91.7 cm³/mol. The minimum atomic E-state index is -3.12. The number of likely N-dealkylation sites (N-methyl/N-ethyl adjacent to an activating group) is 1. The molecule has 1 fully saturated rings. The average molecular weight is 367 g/mol. The molecule has 0 amide bonds. The Morgan fingerprint density at radius 1 is 1.23 bits per heavy atom. The first-order chi connectivity index (χ1) is 12.4. The Balaban J connectivity index is 1.94. The lowest BCUT2D eigenvalue weighted by molar-refractivity contribution is -0.152. The summed E-state index contributed by atoms with van der Waals surface area (Å²) >= 11 is 0. The largest absolute Gasteiger partial charge is 0.493 e. The molecule has 26 heavy (non-hydrogen) atoms. The van der Waals surface area contributed by atoms with Crippen LogP contribution in [0.4, 0.5) is 8.78 Å². The molecule has 0 saturated carbocycles. The van der Waals surface area contributed by atoms with Gasteiger partial charge >= 0.3 is 12.4 Å². The number of rotatable bonds is 5. The zero-order chi connectivity index (χ0) is 18.9. The number of methoxy groups -OCH3 is 2. The van der Waals surface area contributed by atoms with E-state index in [0.29, 0.717) is 30.1 Å². The van der Waals surface area contributed by atoms with E-state index in [4.69, 9.17) is 14.2 Å². The molecule has 2 unspecified atom stereocenters. The van der Waals surface area contributed by atoms with Gasteiger partial charge in [-0.3, -0.25) is 4.90 Å². The maximum atomic E-state index is 12.5. The van der Waals surface area contributed by atoms with Crippen LogP contribution in [0.5, 0.6) is 11.5 Å². The molecule has 142 valence electrons. The first kappa shape index (κ1) is 18.6. The smallest absolute Gasteiger partial charge is 0.378 e. The van der Waals surface area contributed by atoms with E-state index in [1.54, 1.807) is 14.2 Å². The second kappa shape index (κ2) is 7.23. The molecular weight excluding hydrogens is 344 g/mol. The molecule has 1 heterocycles. The summed E-state index contributed by atoms with van der Waals surface area (Å²) in [7, 11) is 5.18. The molecule has 3 rings (SSSR count). The van der Waals surface area contributed by atoms with Crippen LogP contribution in [0.25, 0.3) is 0 Å². The minimum Gasteiger partial charge on any atom is -0.493 e. The molecule has 0 N–H and O–H groups in total. The van der Waals surface area contributed by atoms with Crippen molar-refractivity contribution < 1.29 is 27.8 Å². The van der Waals surface area contributed by atoms with Gasteiger partial charge < -0.3 is 14.2 Å². The number of benzene rings is 1. The van der Waals surface area contributed by atoms with Crippen molar-refractivity contribution >= 4 is 5.97 Å². The molecule has 5 nitrogen and oxygen atoms in total. The number of carbonyl (C=O) groups is 1. The maximum Gasteiger partial charge on any atom is 0.378 e. The highest BCUT2D eigenvalue weighted by molar-refractivity contribution is 5.74. The van der Waals surface area contributed by atoms with E-state index in [1.165, 1.54) is 0 Å². The summed E-state index contributed by atoms with van der Waals surface area (Å²) in [5.74, 6) is 0.153. The standard InChI is InChI=1S/C19H23F2NO4/c1-22-9-8-19(12-4-5-14(24-2)15(10-12)25-3)7-6-13(11-16(19)22)26-18(23)17(20)21/h4-5,10-11,16-17H,6-9H2,1-3H3. The molecule has 2 aliphatic rings. The molecule has 7 heteroatoms. The van der Waals surface area contributed by atoms with Crippen molar-refractivity contribution in [1.29, 1.82) is 0 Å². The Kier molecular flexibility index (Phi) is 5.18. The summed E-state index contributed by atoms with van der Waals surface area (Å²) in [4.78, 5) is 13.4. The summed E-state index contributed by atoms with van der Waals surface area (Å²) in [5, 5.41) is 0. The lowest BCUT2D eigenvalue weighted by Gasteiger charge is -2.40. The van der Waals surface area contributed by atoms with Gasteiger partial charge in [0.1, 0.15) is 5.76 Å². The van der Waals surface area contributed by atoms with Gasteiger partial charge in [0.25, 0.3) is 0 Å². The van der Waals surface area contributed by atoms with Gasteiger partial charge in [-0.1, -0.05) is 6.07 Å². The molecular formula is C19H23F2NO4. The zero-order valence-corrected chi connectivity index (χ0v) is 15.1. The lowest BCUT2D eigenvalue weighted by atomic mass is 9.68. The molecule has 2 atom stereocenters. The van der Waals surface area contributed by atoms with Gasteiger partial charge in [0.05, 0.1) is 14.2 Å². The van der Waals surface area contributed by atoms with E-state index >= 15 is 0 Å². The number of alkyl halides is 2. The summed E-state index contributed by atoms with van der Waals surface area (Å²) in [6, 6.07) is 5.86. The number of nitrogens with zero attached hydrogens (tertiary/aromatic N) is 1. The highest BCUT2D eigenvalue weighted by Gasteiger charge is 2.48. The number of esters is 1. The minimum absolute atomic E-state index is 0.0326. The first-order valence-electron chi connectivity index (χ1n) is 8.54. The van der Waals surface area contributed by atoms with Crippen LogP contribution in [0, 0.1) is 0 Å². The Labute approximate surface area is 151 Å². The van der Waals surface area contributed by atoms with E-state index in [0.717, 1.165) is 18.5 Å². The number of halogens is 2. The predicted octanol–water partition coefficient (Wildman–Crippen LogP) is 3.13. The van der Waals surface area contributed by atoms with Crippen LogP contribution < -0.4 is 9.47 Å². The van der Waals surface area contributed by atoms with Crippen molar-refractivity contribution in [3.63, 3.8) is 0 Å². The van der Waals surface area contributed by atoms with Crippen LogP contribution >= 0.6 is 0 Å². The second-order valence-electron chi connectivity index (χ2n) is 6.76. The van der Waals surface area contributed by atoms with E-state index in [1.807, 2.05) is 31.3 Å². The Bertz CT molecular complexity index is 721. The summed E-state index contributed by atoms with van der Waals surface area (Å²) in [6.45, 7) is 0.867. The highest BCUT2D eigenvalue weighted by Crippen LogP contribution is 2.49. The number of allylic oxidation sites excluding steroid dienone is 1. The third kappa shape index (κ3) is 3.16.